The van der Waals surface area contributed by atoms with Crippen molar-refractivity contribution in [3.63, 3.8) is 0 Å². The molecular weight excluding hydrogens is 408 g/mol. The molecule has 8 heteroatoms. The number of likely N-dealkylation sites (tertiary alicyclic amines) is 1. The largest absolute Gasteiger partial charge is 0.377 e. The van der Waals surface area contributed by atoms with Crippen molar-refractivity contribution >= 4 is 17.7 Å². The summed E-state index contributed by atoms with van der Waals surface area (Å²) in [5, 5.41) is 5.72. The van der Waals surface area contributed by atoms with E-state index in [9.17, 15) is 14.4 Å². The molecule has 4 aliphatic rings. The summed E-state index contributed by atoms with van der Waals surface area (Å²) >= 11 is 0. The van der Waals surface area contributed by atoms with Gasteiger partial charge in [-0.05, 0) is 68.4 Å². The fourth-order valence-corrected chi connectivity index (χ4v) is 5.39. The molecule has 1 aromatic rings. The van der Waals surface area contributed by atoms with E-state index in [1.165, 1.54) is 0 Å². The molecular formula is C24H32N4O4. The van der Waals surface area contributed by atoms with E-state index < -0.39 is 6.04 Å². The number of nitrogens with zero attached hydrogens (tertiary/aromatic N) is 2. The van der Waals surface area contributed by atoms with Crippen molar-refractivity contribution in [2.75, 3.05) is 32.8 Å². The summed E-state index contributed by atoms with van der Waals surface area (Å²) in [6.45, 7) is 6.23. The zero-order valence-corrected chi connectivity index (χ0v) is 18.5. The van der Waals surface area contributed by atoms with Gasteiger partial charge in [0.05, 0.1) is 6.10 Å². The third kappa shape index (κ3) is 4.44. The number of hydrogen-bond acceptors (Lipinski definition) is 6. The van der Waals surface area contributed by atoms with Crippen LogP contribution in [0.4, 0.5) is 0 Å². The molecule has 0 bridgehead atoms. The molecule has 3 amide bonds. The fourth-order valence-electron chi connectivity index (χ4n) is 5.39. The lowest BCUT2D eigenvalue weighted by molar-refractivity contribution is -0.136. The quantitative estimate of drug-likeness (QED) is 0.643. The summed E-state index contributed by atoms with van der Waals surface area (Å²) in [5.74, 6) is -0.0991. The van der Waals surface area contributed by atoms with E-state index >= 15 is 0 Å². The Balaban J connectivity index is 1.18. The Morgan fingerprint density at radius 1 is 1.06 bits per heavy atom. The maximum absolute atomic E-state index is 13.0. The number of rotatable bonds is 6. The molecule has 8 nitrogen and oxygen atoms in total. The molecule has 2 atom stereocenters. The molecule has 0 aromatic heterocycles. The molecule has 4 heterocycles. The van der Waals surface area contributed by atoms with Crippen LogP contribution in [-0.4, -0.2) is 72.5 Å². The Hall–Kier alpha value is -2.29. The molecule has 0 spiro atoms. The lowest BCUT2D eigenvalue weighted by atomic mass is 9.96. The van der Waals surface area contributed by atoms with Crippen molar-refractivity contribution in [3.05, 3.63) is 34.9 Å². The number of ether oxygens (including phenoxy) is 1. The number of hydrogen-bond donors (Lipinski definition) is 2. The highest BCUT2D eigenvalue weighted by molar-refractivity contribution is 6.05. The molecule has 0 radical (unpaired) electrons. The predicted octanol–water partition coefficient (Wildman–Crippen LogP) is 1.04. The molecule has 2 N–H and O–H groups in total. The summed E-state index contributed by atoms with van der Waals surface area (Å²) in [4.78, 5) is 40.9. The van der Waals surface area contributed by atoms with Gasteiger partial charge in [0, 0.05) is 38.2 Å². The van der Waals surface area contributed by atoms with Crippen molar-refractivity contribution in [2.24, 2.45) is 5.92 Å². The molecule has 4 aliphatic heterocycles. The Morgan fingerprint density at radius 3 is 2.66 bits per heavy atom. The second-order valence-electron chi connectivity index (χ2n) is 9.51. The number of piperidine rings is 2. The number of nitrogens with one attached hydrogen (secondary N) is 2. The first kappa shape index (κ1) is 21.6. The maximum atomic E-state index is 13.0. The van der Waals surface area contributed by atoms with Gasteiger partial charge >= 0.3 is 0 Å². The number of fused-ring (bicyclic) bond motifs is 1. The molecule has 0 aliphatic carbocycles. The van der Waals surface area contributed by atoms with Crippen LogP contribution in [0.1, 0.15) is 53.6 Å². The Kier molecular flexibility index (Phi) is 6.26. The normalized spacial score (nSPS) is 27.1. The Labute approximate surface area is 188 Å². The van der Waals surface area contributed by atoms with Gasteiger partial charge in [0.1, 0.15) is 6.04 Å². The van der Waals surface area contributed by atoms with Crippen LogP contribution in [0.15, 0.2) is 18.2 Å². The van der Waals surface area contributed by atoms with E-state index in [2.05, 4.69) is 21.6 Å². The topological polar surface area (TPSA) is 91.0 Å². The second kappa shape index (κ2) is 9.29. The summed E-state index contributed by atoms with van der Waals surface area (Å²) in [5.41, 5.74) is 2.89. The van der Waals surface area contributed by atoms with E-state index in [-0.39, 0.29) is 24.1 Å². The highest BCUT2D eigenvalue weighted by atomic mass is 16.5. The number of carbonyl (C=O) groups excluding carboxylic acids is 3. The predicted molar refractivity (Wildman–Crippen MR) is 118 cm³/mol. The van der Waals surface area contributed by atoms with Gasteiger partial charge in [-0.2, -0.15) is 0 Å². The standard InChI is InChI=1S/C24H32N4O4/c29-22-5-4-21(23(30)26-22)28-14-20-17(2-1-3-19(20)24(28)31)13-27-10-7-16(8-11-27)15-32-18-6-9-25-12-18/h1-3,16,18,21,25H,4-15H2,(H,26,29,30). The average Bonchev–Trinajstić information content (AvgIpc) is 3.42. The zero-order chi connectivity index (χ0) is 22.1. The summed E-state index contributed by atoms with van der Waals surface area (Å²) in [7, 11) is 0. The Morgan fingerprint density at radius 2 is 1.91 bits per heavy atom. The van der Waals surface area contributed by atoms with Crippen LogP contribution in [0.25, 0.3) is 0 Å². The van der Waals surface area contributed by atoms with E-state index in [0.29, 0.717) is 30.6 Å². The summed E-state index contributed by atoms with van der Waals surface area (Å²) < 4.78 is 6.08. The lowest BCUT2D eigenvalue weighted by Gasteiger charge is -2.33. The number of imide groups is 1. The minimum atomic E-state index is -0.564. The van der Waals surface area contributed by atoms with E-state index in [4.69, 9.17) is 4.74 Å². The molecule has 32 heavy (non-hydrogen) atoms. The van der Waals surface area contributed by atoms with Gasteiger partial charge in [0.25, 0.3) is 5.91 Å². The lowest BCUT2D eigenvalue weighted by Crippen LogP contribution is -2.52. The minimum Gasteiger partial charge on any atom is -0.377 e. The molecule has 1 aromatic carbocycles. The van der Waals surface area contributed by atoms with Crippen molar-refractivity contribution in [1.29, 1.82) is 0 Å². The smallest absolute Gasteiger partial charge is 0.255 e. The molecule has 5 rings (SSSR count). The maximum Gasteiger partial charge on any atom is 0.255 e. The van der Waals surface area contributed by atoms with Gasteiger partial charge in [-0.25, -0.2) is 0 Å². The first-order valence-corrected chi connectivity index (χ1v) is 11.9. The van der Waals surface area contributed by atoms with Crippen LogP contribution in [0.5, 0.6) is 0 Å². The SMILES string of the molecule is O=C1CCC(N2Cc3c(CN4CCC(COC5CCNC5)CC4)cccc3C2=O)C(=O)N1. The van der Waals surface area contributed by atoms with Crippen molar-refractivity contribution in [3.8, 4) is 0 Å². The van der Waals surface area contributed by atoms with E-state index in [1.807, 2.05) is 12.1 Å². The second-order valence-corrected chi connectivity index (χ2v) is 9.51. The van der Waals surface area contributed by atoms with Crippen LogP contribution in [0.2, 0.25) is 0 Å². The molecule has 172 valence electrons. The molecule has 0 saturated carbocycles. The highest BCUT2D eigenvalue weighted by Crippen LogP contribution is 2.31. The zero-order valence-electron chi connectivity index (χ0n) is 18.5. The molecule has 2 unspecified atom stereocenters. The van der Waals surface area contributed by atoms with E-state index in [1.54, 1.807) is 4.90 Å². The van der Waals surface area contributed by atoms with Gasteiger partial charge in [-0.15, -0.1) is 0 Å². The summed E-state index contributed by atoms with van der Waals surface area (Å²) in [6, 6.07) is 5.33. The van der Waals surface area contributed by atoms with Crippen LogP contribution in [0, 0.1) is 5.92 Å². The van der Waals surface area contributed by atoms with Crippen LogP contribution >= 0.6 is 0 Å². The third-order valence-corrected chi connectivity index (χ3v) is 7.36. The highest BCUT2D eigenvalue weighted by Gasteiger charge is 2.39. The van der Waals surface area contributed by atoms with Gasteiger partial charge in [0.15, 0.2) is 0 Å². The average molecular weight is 441 g/mol. The Bertz CT molecular complexity index is 890. The monoisotopic (exact) mass is 440 g/mol. The van der Waals surface area contributed by atoms with Crippen molar-refractivity contribution < 1.29 is 19.1 Å². The van der Waals surface area contributed by atoms with Crippen LogP contribution in [0.3, 0.4) is 0 Å². The molecule has 3 saturated heterocycles. The minimum absolute atomic E-state index is 0.103. The number of benzene rings is 1. The van der Waals surface area contributed by atoms with Crippen LogP contribution in [-0.2, 0) is 27.4 Å². The summed E-state index contributed by atoms with van der Waals surface area (Å²) in [6.07, 6.45) is 4.44. The third-order valence-electron chi connectivity index (χ3n) is 7.36. The van der Waals surface area contributed by atoms with E-state index in [0.717, 1.165) is 69.7 Å². The van der Waals surface area contributed by atoms with Crippen molar-refractivity contribution in [2.45, 2.75) is 57.3 Å². The van der Waals surface area contributed by atoms with Crippen LogP contribution < -0.4 is 10.6 Å². The molecule has 3 fully saturated rings. The van der Waals surface area contributed by atoms with Gasteiger partial charge in [0.2, 0.25) is 11.8 Å². The first-order chi connectivity index (χ1) is 15.6. The van der Waals surface area contributed by atoms with Gasteiger partial charge in [-0.3, -0.25) is 24.6 Å². The van der Waals surface area contributed by atoms with Gasteiger partial charge in [-0.1, -0.05) is 12.1 Å². The van der Waals surface area contributed by atoms with Gasteiger partial charge < -0.3 is 15.0 Å². The number of amides is 3. The number of carbonyl (C=O) groups is 3. The fraction of sp³-hybridized carbons (Fsp3) is 0.625. The van der Waals surface area contributed by atoms with Crippen molar-refractivity contribution in [1.82, 2.24) is 20.4 Å². The first-order valence-electron chi connectivity index (χ1n) is 11.9.